The Morgan fingerprint density at radius 1 is 1.46 bits per heavy atom. The van der Waals surface area contributed by atoms with Crippen LogP contribution in [-0.2, 0) is 9.53 Å². The van der Waals surface area contributed by atoms with Gasteiger partial charge in [0.15, 0.2) is 5.75 Å². The summed E-state index contributed by atoms with van der Waals surface area (Å²) in [5, 5.41) is 3.16. The van der Waals surface area contributed by atoms with Crippen molar-refractivity contribution in [3.8, 4) is 5.75 Å². The van der Waals surface area contributed by atoms with Crippen molar-refractivity contribution in [2.24, 2.45) is 11.8 Å². The van der Waals surface area contributed by atoms with E-state index in [-0.39, 0.29) is 17.6 Å². The number of hydrogen-bond donors (Lipinski definition) is 1. The number of nitrogens with zero attached hydrogens (tertiary/aromatic N) is 3. The Labute approximate surface area is 166 Å². The Morgan fingerprint density at radius 3 is 3.04 bits per heavy atom. The lowest BCUT2D eigenvalue weighted by molar-refractivity contribution is -0.121. The highest BCUT2D eigenvalue weighted by Gasteiger charge is 2.63. The molecule has 1 spiro atoms. The van der Waals surface area contributed by atoms with Crippen molar-refractivity contribution in [2.45, 2.75) is 50.7 Å². The highest BCUT2D eigenvalue weighted by atomic mass is 16.5. The van der Waals surface area contributed by atoms with E-state index in [4.69, 9.17) is 9.47 Å². The first kappa shape index (κ1) is 19.2. The average molecular weight is 386 g/mol. The predicted octanol–water partition coefficient (Wildman–Crippen LogP) is 2.33. The van der Waals surface area contributed by atoms with Gasteiger partial charge in [-0.15, -0.1) is 0 Å². The number of carbonyl (C=O) groups excluding carboxylic acids is 1. The molecule has 4 heterocycles. The number of carbonyl (C=O) groups is 1. The minimum absolute atomic E-state index is 0.102. The summed E-state index contributed by atoms with van der Waals surface area (Å²) >= 11 is 0. The number of nitrogens with one attached hydrogen (secondary N) is 1. The highest BCUT2D eigenvalue weighted by Crippen LogP contribution is 2.54. The summed E-state index contributed by atoms with van der Waals surface area (Å²) < 4.78 is 11.6. The van der Waals surface area contributed by atoms with Gasteiger partial charge < -0.3 is 19.7 Å². The smallest absolute Gasteiger partial charge is 0.225 e. The van der Waals surface area contributed by atoms with Crippen molar-refractivity contribution in [1.82, 2.24) is 15.3 Å². The third-order valence-corrected chi connectivity index (χ3v) is 6.46. The normalized spacial score (nSPS) is 30.8. The van der Waals surface area contributed by atoms with Crippen molar-refractivity contribution in [3.05, 3.63) is 24.5 Å². The van der Waals surface area contributed by atoms with Crippen LogP contribution >= 0.6 is 0 Å². The molecule has 7 heteroatoms. The van der Waals surface area contributed by atoms with Crippen LogP contribution in [0.25, 0.3) is 0 Å². The van der Waals surface area contributed by atoms with E-state index < -0.39 is 0 Å². The number of amides is 1. The Kier molecular flexibility index (Phi) is 5.53. The molecule has 3 aliphatic rings. The summed E-state index contributed by atoms with van der Waals surface area (Å²) in [6.07, 6.45) is 12.4. The van der Waals surface area contributed by atoms with Crippen molar-refractivity contribution in [1.29, 1.82) is 0 Å². The van der Waals surface area contributed by atoms with E-state index in [2.05, 4.69) is 26.3 Å². The number of anilines is 1. The highest BCUT2D eigenvalue weighted by molar-refractivity contribution is 5.75. The summed E-state index contributed by atoms with van der Waals surface area (Å²) in [5.41, 5.74) is -0.102. The van der Waals surface area contributed by atoms with E-state index in [0.29, 0.717) is 30.6 Å². The van der Waals surface area contributed by atoms with Gasteiger partial charge in [-0.1, -0.05) is 12.2 Å². The molecule has 1 amide bonds. The number of allylic oxidation sites excluding steroid dienone is 2. The van der Waals surface area contributed by atoms with Gasteiger partial charge in [0.05, 0.1) is 37.8 Å². The van der Waals surface area contributed by atoms with E-state index in [0.717, 1.165) is 44.7 Å². The first-order valence-corrected chi connectivity index (χ1v) is 10.3. The Balaban J connectivity index is 1.35. The summed E-state index contributed by atoms with van der Waals surface area (Å²) in [7, 11) is 1.61. The first-order valence-electron chi connectivity index (χ1n) is 10.3. The molecule has 0 radical (unpaired) electrons. The van der Waals surface area contributed by atoms with Gasteiger partial charge in [0.25, 0.3) is 0 Å². The fourth-order valence-corrected chi connectivity index (χ4v) is 5.06. The third-order valence-electron chi connectivity index (χ3n) is 6.46. The van der Waals surface area contributed by atoms with Gasteiger partial charge in [-0.2, -0.15) is 0 Å². The topological polar surface area (TPSA) is 76.6 Å². The van der Waals surface area contributed by atoms with Gasteiger partial charge >= 0.3 is 0 Å². The van der Waals surface area contributed by atoms with Gasteiger partial charge in [0, 0.05) is 31.3 Å². The van der Waals surface area contributed by atoms with Crippen molar-refractivity contribution in [2.75, 3.05) is 31.6 Å². The molecule has 1 aromatic heterocycles. The molecule has 3 aliphatic heterocycles. The van der Waals surface area contributed by atoms with Crippen LogP contribution in [0.3, 0.4) is 0 Å². The molecule has 4 rings (SSSR count). The summed E-state index contributed by atoms with van der Waals surface area (Å²) in [6.45, 7) is 4.42. The minimum atomic E-state index is -0.102. The Bertz CT molecular complexity index is 723. The lowest BCUT2D eigenvalue weighted by Crippen LogP contribution is -2.41. The second kappa shape index (κ2) is 8.07. The van der Waals surface area contributed by atoms with Crippen LogP contribution in [0.2, 0.25) is 0 Å². The Hall–Kier alpha value is -2.15. The van der Waals surface area contributed by atoms with Crippen LogP contribution < -0.4 is 15.0 Å². The molecular formula is C21H30N4O3. The van der Waals surface area contributed by atoms with Gasteiger partial charge in [-0.25, -0.2) is 9.97 Å². The van der Waals surface area contributed by atoms with Crippen LogP contribution in [0.1, 0.15) is 39.0 Å². The third kappa shape index (κ3) is 3.60. The quantitative estimate of drug-likeness (QED) is 0.546. The average Bonchev–Trinajstić information content (AvgIpc) is 3.38. The number of fused-ring (bicyclic) bond motifs is 1. The summed E-state index contributed by atoms with van der Waals surface area (Å²) in [6, 6.07) is 0. The molecule has 2 bridgehead atoms. The van der Waals surface area contributed by atoms with Crippen molar-refractivity contribution >= 4 is 11.9 Å². The Morgan fingerprint density at radius 2 is 2.29 bits per heavy atom. The molecule has 28 heavy (non-hydrogen) atoms. The van der Waals surface area contributed by atoms with Crippen molar-refractivity contribution < 1.29 is 14.3 Å². The van der Waals surface area contributed by atoms with Crippen LogP contribution in [0.5, 0.6) is 5.75 Å². The maximum absolute atomic E-state index is 12.2. The maximum Gasteiger partial charge on any atom is 0.225 e. The molecule has 0 aliphatic carbocycles. The van der Waals surface area contributed by atoms with Crippen LogP contribution in [-0.4, -0.2) is 54.3 Å². The lowest BCUT2D eigenvalue weighted by atomic mass is 9.73. The van der Waals surface area contributed by atoms with Crippen LogP contribution in [0, 0.1) is 11.8 Å². The fourth-order valence-electron chi connectivity index (χ4n) is 5.06. The number of methoxy groups -OCH3 is 1. The zero-order valence-electron chi connectivity index (χ0n) is 16.8. The first-order chi connectivity index (χ1) is 13.6. The second-order valence-electron chi connectivity index (χ2n) is 8.10. The van der Waals surface area contributed by atoms with Gasteiger partial charge in [0.2, 0.25) is 11.9 Å². The van der Waals surface area contributed by atoms with E-state index in [9.17, 15) is 4.79 Å². The molecule has 3 fully saturated rings. The van der Waals surface area contributed by atoms with E-state index in [1.165, 1.54) is 0 Å². The van der Waals surface area contributed by atoms with Gasteiger partial charge in [-0.05, 0) is 32.6 Å². The summed E-state index contributed by atoms with van der Waals surface area (Å²) in [5.74, 6) is 2.32. The number of rotatable bonds is 8. The number of ether oxygens (including phenoxy) is 2. The molecule has 7 nitrogen and oxygen atoms in total. The van der Waals surface area contributed by atoms with Crippen molar-refractivity contribution in [3.63, 3.8) is 0 Å². The lowest BCUT2D eigenvalue weighted by Gasteiger charge is -2.29. The van der Waals surface area contributed by atoms with Crippen LogP contribution in [0.4, 0.5) is 5.95 Å². The molecular weight excluding hydrogens is 356 g/mol. The predicted molar refractivity (Wildman–Crippen MR) is 106 cm³/mol. The second-order valence-corrected chi connectivity index (χ2v) is 8.10. The van der Waals surface area contributed by atoms with E-state index in [1.54, 1.807) is 19.5 Å². The number of hydrogen-bond acceptors (Lipinski definition) is 6. The standard InChI is InChI=1S/C21H30N4O3/c1-3-4-5-6-7-19(26)22-12-16-17-13-25(14-21(17)9-8-18(16)28-21)20-23-10-15(27-2)11-24-20/h3-4,10-11,16-18H,5-9,12-14H2,1-2H3,(H,22,26)/t16-,17+,18+,21+/m0/s1. The molecule has 0 aromatic carbocycles. The largest absolute Gasteiger partial charge is 0.494 e. The molecule has 0 unspecified atom stereocenters. The molecule has 152 valence electrons. The minimum Gasteiger partial charge on any atom is -0.494 e. The number of unbranched alkanes of at least 4 members (excludes halogenated alkanes) is 1. The van der Waals surface area contributed by atoms with Gasteiger partial charge in [-0.3, -0.25) is 4.79 Å². The molecule has 4 atom stereocenters. The number of aromatic nitrogens is 2. The SMILES string of the molecule is CC=CCCCC(=O)NC[C@H]1[C@H]2CN(c3ncc(OC)cn3)C[C@]23CC[C@H]1O3. The molecule has 0 saturated carbocycles. The molecule has 1 aromatic rings. The van der Waals surface area contributed by atoms with Crippen LogP contribution in [0.15, 0.2) is 24.5 Å². The van der Waals surface area contributed by atoms with E-state index in [1.807, 2.05) is 13.0 Å². The van der Waals surface area contributed by atoms with Gasteiger partial charge in [0.1, 0.15) is 0 Å². The zero-order chi connectivity index (χ0) is 19.6. The monoisotopic (exact) mass is 386 g/mol. The zero-order valence-corrected chi connectivity index (χ0v) is 16.8. The molecule has 3 saturated heterocycles. The molecule has 1 N–H and O–H groups in total. The summed E-state index contributed by atoms with van der Waals surface area (Å²) in [4.78, 5) is 23.3. The maximum atomic E-state index is 12.2. The van der Waals surface area contributed by atoms with E-state index >= 15 is 0 Å². The fraction of sp³-hybridized carbons (Fsp3) is 0.667.